The number of halogens is 1. The summed E-state index contributed by atoms with van der Waals surface area (Å²) in [5.41, 5.74) is 0.731. The van der Waals surface area contributed by atoms with Crippen LogP contribution in [0.2, 0.25) is 5.02 Å². The summed E-state index contributed by atoms with van der Waals surface area (Å²) in [6.45, 7) is 4.29. The van der Waals surface area contributed by atoms with E-state index < -0.39 is 6.04 Å². The largest absolute Gasteiger partial charge is 0.468 e. The molecule has 1 saturated heterocycles. The zero-order valence-corrected chi connectivity index (χ0v) is 16.3. The summed E-state index contributed by atoms with van der Waals surface area (Å²) in [7, 11) is 1.38. The van der Waals surface area contributed by atoms with Gasteiger partial charge in [-0.2, -0.15) is 0 Å². The van der Waals surface area contributed by atoms with Crippen LogP contribution >= 0.6 is 22.9 Å². The fraction of sp³-hybridized carbons (Fsp3) is 0.368. The number of methoxy groups -OCH3 is 1. The predicted molar refractivity (Wildman–Crippen MR) is 103 cm³/mol. The second kappa shape index (κ2) is 8.20. The Hall–Kier alpha value is -1.89. The van der Waals surface area contributed by atoms with Crippen LogP contribution < -0.4 is 0 Å². The van der Waals surface area contributed by atoms with Gasteiger partial charge in [0, 0.05) is 36.1 Å². The minimum absolute atomic E-state index is 0.0510. The molecule has 1 amide bonds. The highest BCUT2D eigenvalue weighted by atomic mass is 35.5. The maximum atomic E-state index is 12.6. The highest BCUT2D eigenvalue weighted by Gasteiger charge is 2.33. The van der Waals surface area contributed by atoms with Crippen molar-refractivity contribution in [1.82, 2.24) is 9.80 Å². The minimum atomic E-state index is -0.560. The Kier molecular flexibility index (Phi) is 5.96. The van der Waals surface area contributed by atoms with Crippen molar-refractivity contribution in [2.45, 2.75) is 13.0 Å². The topological polar surface area (TPSA) is 49.9 Å². The molecular formula is C19H21ClN2O3S. The fourth-order valence-corrected chi connectivity index (χ4v) is 4.24. The monoisotopic (exact) mass is 392 g/mol. The van der Waals surface area contributed by atoms with E-state index >= 15 is 0 Å². The van der Waals surface area contributed by atoms with Crippen LogP contribution in [0.3, 0.4) is 0 Å². The van der Waals surface area contributed by atoms with E-state index in [1.165, 1.54) is 18.4 Å². The Morgan fingerprint density at radius 1 is 1.12 bits per heavy atom. The van der Waals surface area contributed by atoms with Crippen molar-refractivity contribution in [1.29, 1.82) is 0 Å². The number of esters is 1. The Morgan fingerprint density at radius 2 is 1.81 bits per heavy atom. The SMILES string of the molecule is COC(=O)C(c1ccccc1Cl)N1CCN(C(=O)c2ccc(C)s2)CC1. The summed E-state index contributed by atoms with van der Waals surface area (Å²) < 4.78 is 5.00. The number of carbonyl (C=O) groups excluding carboxylic acids is 2. The Bertz CT molecular complexity index is 800. The van der Waals surface area contributed by atoms with Crippen molar-refractivity contribution >= 4 is 34.8 Å². The summed E-state index contributed by atoms with van der Waals surface area (Å²) >= 11 is 7.81. The number of hydrogen-bond acceptors (Lipinski definition) is 5. The quantitative estimate of drug-likeness (QED) is 0.748. The van der Waals surface area contributed by atoms with Crippen molar-refractivity contribution in [2.24, 2.45) is 0 Å². The normalized spacial score (nSPS) is 16.3. The molecule has 3 rings (SSSR count). The molecule has 1 atom stereocenters. The number of aryl methyl sites for hydroxylation is 1. The zero-order valence-electron chi connectivity index (χ0n) is 14.8. The number of carbonyl (C=O) groups is 2. The molecule has 0 spiro atoms. The molecule has 1 aliphatic rings. The van der Waals surface area contributed by atoms with Crippen LogP contribution in [0.4, 0.5) is 0 Å². The molecule has 138 valence electrons. The first-order valence-corrected chi connectivity index (χ1v) is 9.62. The second-order valence-corrected chi connectivity index (χ2v) is 7.88. The molecule has 7 heteroatoms. The number of amides is 1. The van der Waals surface area contributed by atoms with E-state index in [4.69, 9.17) is 16.3 Å². The van der Waals surface area contributed by atoms with E-state index in [-0.39, 0.29) is 11.9 Å². The summed E-state index contributed by atoms with van der Waals surface area (Å²) in [5.74, 6) is -0.290. The van der Waals surface area contributed by atoms with Gasteiger partial charge in [-0.3, -0.25) is 9.69 Å². The van der Waals surface area contributed by atoms with Crippen LogP contribution in [0.1, 0.15) is 26.2 Å². The first-order chi connectivity index (χ1) is 12.5. The molecule has 5 nitrogen and oxygen atoms in total. The van der Waals surface area contributed by atoms with Crippen LogP contribution in [0.5, 0.6) is 0 Å². The fourth-order valence-electron chi connectivity index (χ4n) is 3.17. The number of rotatable bonds is 4. The smallest absolute Gasteiger partial charge is 0.327 e. The molecule has 0 N–H and O–H groups in total. The van der Waals surface area contributed by atoms with Crippen LogP contribution in [-0.4, -0.2) is 55.0 Å². The summed E-state index contributed by atoms with van der Waals surface area (Å²) in [6, 6.07) is 10.6. The molecule has 0 radical (unpaired) electrons. The summed E-state index contributed by atoms with van der Waals surface area (Å²) in [4.78, 5) is 30.7. The van der Waals surface area contributed by atoms with Gasteiger partial charge in [-0.05, 0) is 30.7 Å². The first kappa shape index (κ1) is 18.9. The van der Waals surface area contributed by atoms with Gasteiger partial charge in [0.1, 0.15) is 6.04 Å². The lowest BCUT2D eigenvalue weighted by atomic mass is 10.0. The Labute approximate surface area is 162 Å². The number of ether oxygens (including phenoxy) is 1. The van der Waals surface area contributed by atoms with E-state index in [9.17, 15) is 9.59 Å². The van der Waals surface area contributed by atoms with Gasteiger partial charge in [-0.15, -0.1) is 11.3 Å². The van der Waals surface area contributed by atoms with Gasteiger partial charge in [-0.25, -0.2) is 4.79 Å². The average molecular weight is 393 g/mol. The predicted octanol–water partition coefficient (Wildman–Crippen LogP) is 3.38. The van der Waals surface area contributed by atoms with E-state index in [1.807, 2.05) is 47.1 Å². The van der Waals surface area contributed by atoms with E-state index in [2.05, 4.69) is 0 Å². The summed E-state index contributed by atoms with van der Waals surface area (Å²) in [6.07, 6.45) is 0. The van der Waals surface area contributed by atoms with Crippen LogP contribution in [0.25, 0.3) is 0 Å². The van der Waals surface area contributed by atoms with E-state index in [1.54, 1.807) is 6.07 Å². The number of nitrogens with zero attached hydrogens (tertiary/aromatic N) is 2. The lowest BCUT2D eigenvalue weighted by molar-refractivity contribution is -0.148. The molecule has 1 aliphatic heterocycles. The molecule has 0 aliphatic carbocycles. The first-order valence-electron chi connectivity index (χ1n) is 8.43. The van der Waals surface area contributed by atoms with Crippen molar-refractivity contribution < 1.29 is 14.3 Å². The third-order valence-electron chi connectivity index (χ3n) is 4.54. The van der Waals surface area contributed by atoms with E-state index in [0.717, 1.165) is 15.3 Å². The molecule has 2 aromatic rings. The van der Waals surface area contributed by atoms with Crippen molar-refractivity contribution in [3.05, 3.63) is 56.7 Å². The minimum Gasteiger partial charge on any atom is -0.468 e. The number of piperazine rings is 1. The molecule has 0 saturated carbocycles. The van der Waals surface area contributed by atoms with Crippen LogP contribution in [-0.2, 0) is 9.53 Å². The second-order valence-electron chi connectivity index (χ2n) is 6.19. The van der Waals surface area contributed by atoms with Crippen LogP contribution in [0, 0.1) is 6.92 Å². The van der Waals surface area contributed by atoms with Gasteiger partial charge in [-0.1, -0.05) is 29.8 Å². The molecule has 2 heterocycles. The Morgan fingerprint density at radius 3 is 2.38 bits per heavy atom. The molecular weight excluding hydrogens is 372 g/mol. The maximum absolute atomic E-state index is 12.6. The van der Waals surface area contributed by atoms with Gasteiger partial charge >= 0.3 is 5.97 Å². The van der Waals surface area contributed by atoms with Gasteiger partial charge < -0.3 is 9.64 Å². The molecule has 1 fully saturated rings. The third kappa shape index (κ3) is 3.92. The molecule has 26 heavy (non-hydrogen) atoms. The van der Waals surface area contributed by atoms with Gasteiger partial charge in [0.2, 0.25) is 0 Å². The van der Waals surface area contributed by atoms with Crippen molar-refractivity contribution in [3.63, 3.8) is 0 Å². The van der Waals surface area contributed by atoms with Gasteiger partial charge in [0.15, 0.2) is 0 Å². The number of thiophene rings is 1. The standard InChI is InChI=1S/C19H21ClN2O3S/c1-13-7-8-16(26-13)18(23)22-11-9-21(10-12-22)17(19(24)25-2)14-5-3-4-6-15(14)20/h3-8,17H,9-12H2,1-2H3. The molecule has 0 bridgehead atoms. The molecule has 1 aromatic heterocycles. The Balaban J connectivity index is 1.73. The molecule has 1 aromatic carbocycles. The van der Waals surface area contributed by atoms with Crippen molar-refractivity contribution in [2.75, 3.05) is 33.3 Å². The molecule has 1 unspecified atom stereocenters. The maximum Gasteiger partial charge on any atom is 0.327 e. The van der Waals surface area contributed by atoms with Gasteiger partial charge in [0.25, 0.3) is 5.91 Å². The number of hydrogen-bond donors (Lipinski definition) is 0. The highest BCUT2D eigenvalue weighted by molar-refractivity contribution is 7.13. The van der Waals surface area contributed by atoms with Crippen molar-refractivity contribution in [3.8, 4) is 0 Å². The lowest BCUT2D eigenvalue weighted by Crippen LogP contribution is -2.51. The summed E-state index contributed by atoms with van der Waals surface area (Å²) in [5, 5.41) is 0.537. The number of benzene rings is 1. The lowest BCUT2D eigenvalue weighted by Gasteiger charge is -2.38. The van der Waals surface area contributed by atoms with E-state index in [0.29, 0.717) is 31.2 Å². The van der Waals surface area contributed by atoms with Gasteiger partial charge in [0.05, 0.1) is 12.0 Å². The zero-order chi connectivity index (χ0) is 18.7. The third-order valence-corrected chi connectivity index (χ3v) is 5.87. The highest BCUT2D eigenvalue weighted by Crippen LogP contribution is 2.30. The van der Waals surface area contributed by atoms with Crippen LogP contribution in [0.15, 0.2) is 36.4 Å². The average Bonchev–Trinajstić information content (AvgIpc) is 3.09.